The molecule has 6 heteroatoms. The number of methoxy groups -OCH3 is 1. The first-order valence-electron chi connectivity index (χ1n) is 7.73. The van der Waals surface area contributed by atoms with Gasteiger partial charge in [0.25, 0.3) is 0 Å². The van der Waals surface area contributed by atoms with Crippen molar-refractivity contribution in [3.63, 3.8) is 0 Å². The number of anilines is 1. The molecule has 0 aliphatic carbocycles. The summed E-state index contributed by atoms with van der Waals surface area (Å²) in [5.74, 6) is 0.812. The normalized spacial score (nSPS) is 15.6. The average Bonchev–Trinajstić information content (AvgIpc) is 2.55. The number of carbonyl (C=O) groups is 1. The largest absolute Gasteiger partial charge is 0.494 e. The first kappa shape index (κ1) is 16.6. The number of piperazine rings is 1. The minimum atomic E-state index is -0.0458. The molecule has 1 aliphatic rings. The molecule has 0 spiro atoms. The highest BCUT2D eigenvalue weighted by Crippen LogP contribution is 2.16. The summed E-state index contributed by atoms with van der Waals surface area (Å²) >= 11 is 0. The van der Waals surface area contributed by atoms with E-state index in [0.29, 0.717) is 6.61 Å². The second-order valence-corrected chi connectivity index (χ2v) is 5.21. The van der Waals surface area contributed by atoms with Crippen molar-refractivity contribution in [2.24, 2.45) is 0 Å². The zero-order valence-corrected chi connectivity index (χ0v) is 13.4. The summed E-state index contributed by atoms with van der Waals surface area (Å²) in [7, 11) is 1.71. The van der Waals surface area contributed by atoms with E-state index in [0.717, 1.165) is 50.8 Å². The molecule has 1 aliphatic heterocycles. The molecule has 0 atom stereocenters. The van der Waals surface area contributed by atoms with Gasteiger partial charge in [0.2, 0.25) is 0 Å². The Kier molecular flexibility index (Phi) is 6.48. The fourth-order valence-corrected chi connectivity index (χ4v) is 2.40. The minimum Gasteiger partial charge on any atom is -0.494 e. The van der Waals surface area contributed by atoms with Crippen molar-refractivity contribution in [1.82, 2.24) is 9.80 Å². The van der Waals surface area contributed by atoms with Gasteiger partial charge in [0, 0.05) is 45.5 Å². The Bertz CT molecular complexity index is 456. The third-order valence-electron chi connectivity index (χ3n) is 3.69. The third-order valence-corrected chi connectivity index (χ3v) is 3.69. The van der Waals surface area contributed by atoms with E-state index in [4.69, 9.17) is 9.47 Å². The van der Waals surface area contributed by atoms with Crippen LogP contribution in [0, 0.1) is 0 Å². The summed E-state index contributed by atoms with van der Waals surface area (Å²) in [6.45, 7) is 7.50. The van der Waals surface area contributed by atoms with Gasteiger partial charge in [-0.1, -0.05) is 0 Å². The second-order valence-electron chi connectivity index (χ2n) is 5.21. The van der Waals surface area contributed by atoms with Crippen molar-refractivity contribution in [3.8, 4) is 5.75 Å². The van der Waals surface area contributed by atoms with Gasteiger partial charge in [0.1, 0.15) is 5.75 Å². The van der Waals surface area contributed by atoms with E-state index in [1.165, 1.54) is 0 Å². The van der Waals surface area contributed by atoms with Gasteiger partial charge in [-0.25, -0.2) is 4.79 Å². The molecule has 0 radical (unpaired) electrons. The van der Waals surface area contributed by atoms with E-state index >= 15 is 0 Å². The van der Waals surface area contributed by atoms with E-state index in [1.54, 1.807) is 7.11 Å². The maximum absolute atomic E-state index is 12.2. The number of urea groups is 1. The van der Waals surface area contributed by atoms with Crippen LogP contribution in [0.15, 0.2) is 24.3 Å². The molecule has 6 nitrogen and oxygen atoms in total. The Labute approximate surface area is 132 Å². The maximum atomic E-state index is 12.2. The number of hydrogen-bond acceptors (Lipinski definition) is 4. The van der Waals surface area contributed by atoms with Gasteiger partial charge in [-0.3, -0.25) is 4.90 Å². The number of hydrogen-bond donors (Lipinski definition) is 1. The van der Waals surface area contributed by atoms with E-state index in [9.17, 15) is 4.79 Å². The van der Waals surface area contributed by atoms with Crippen molar-refractivity contribution in [2.75, 3.05) is 58.4 Å². The Hall–Kier alpha value is -1.79. The highest BCUT2D eigenvalue weighted by atomic mass is 16.5. The molecule has 1 N–H and O–H groups in total. The molecular formula is C16H25N3O3. The van der Waals surface area contributed by atoms with Crippen LogP contribution in [0.3, 0.4) is 0 Å². The highest BCUT2D eigenvalue weighted by molar-refractivity contribution is 5.89. The third kappa shape index (κ3) is 4.89. The number of carbonyl (C=O) groups excluding carboxylic acids is 1. The van der Waals surface area contributed by atoms with Crippen LogP contribution in [-0.2, 0) is 4.74 Å². The van der Waals surface area contributed by atoms with E-state index in [2.05, 4.69) is 10.2 Å². The Balaban J connectivity index is 1.78. The minimum absolute atomic E-state index is 0.0458. The molecule has 0 bridgehead atoms. The molecule has 122 valence electrons. The molecule has 22 heavy (non-hydrogen) atoms. The molecule has 2 amide bonds. The van der Waals surface area contributed by atoms with Crippen LogP contribution < -0.4 is 10.1 Å². The summed E-state index contributed by atoms with van der Waals surface area (Å²) in [6.07, 6.45) is 0. The van der Waals surface area contributed by atoms with Crippen LogP contribution in [0.5, 0.6) is 5.75 Å². The van der Waals surface area contributed by atoms with Crippen molar-refractivity contribution < 1.29 is 14.3 Å². The van der Waals surface area contributed by atoms with Gasteiger partial charge in [-0.15, -0.1) is 0 Å². The first-order chi connectivity index (χ1) is 10.7. The van der Waals surface area contributed by atoms with Crippen LogP contribution in [0.4, 0.5) is 10.5 Å². The predicted molar refractivity (Wildman–Crippen MR) is 86.5 cm³/mol. The maximum Gasteiger partial charge on any atom is 0.321 e. The van der Waals surface area contributed by atoms with Crippen LogP contribution in [-0.4, -0.2) is 68.9 Å². The monoisotopic (exact) mass is 307 g/mol. The Morgan fingerprint density at radius 2 is 1.86 bits per heavy atom. The van der Waals surface area contributed by atoms with E-state index in [1.807, 2.05) is 36.1 Å². The summed E-state index contributed by atoms with van der Waals surface area (Å²) in [5.41, 5.74) is 0.787. The van der Waals surface area contributed by atoms with Gasteiger partial charge in [0.05, 0.1) is 13.2 Å². The molecule has 1 saturated heterocycles. The molecule has 2 rings (SSSR count). The summed E-state index contributed by atoms with van der Waals surface area (Å²) < 4.78 is 10.5. The lowest BCUT2D eigenvalue weighted by Gasteiger charge is -2.34. The first-order valence-corrected chi connectivity index (χ1v) is 7.73. The predicted octanol–water partition coefficient (Wildman–Crippen LogP) is 1.88. The number of ether oxygens (including phenoxy) is 2. The van der Waals surface area contributed by atoms with Crippen molar-refractivity contribution in [1.29, 1.82) is 0 Å². The molecule has 0 unspecified atom stereocenters. The SMILES string of the molecule is CCOc1ccc(NC(=O)N2CCN(CCOC)CC2)cc1. The van der Waals surface area contributed by atoms with Crippen LogP contribution in [0.1, 0.15) is 6.92 Å². The summed E-state index contributed by atoms with van der Waals surface area (Å²) in [5, 5.41) is 2.93. The number of amides is 2. The summed E-state index contributed by atoms with van der Waals surface area (Å²) in [4.78, 5) is 16.4. The lowest BCUT2D eigenvalue weighted by molar-refractivity contribution is 0.109. The Morgan fingerprint density at radius 3 is 2.45 bits per heavy atom. The highest BCUT2D eigenvalue weighted by Gasteiger charge is 2.20. The second kappa shape index (κ2) is 8.60. The smallest absolute Gasteiger partial charge is 0.321 e. The van der Waals surface area contributed by atoms with Crippen LogP contribution in [0.25, 0.3) is 0 Å². The zero-order chi connectivity index (χ0) is 15.8. The van der Waals surface area contributed by atoms with Crippen molar-refractivity contribution >= 4 is 11.7 Å². The molecule has 0 saturated carbocycles. The van der Waals surface area contributed by atoms with Gasteiger partial charge >= 0.3 is 6.03 Å². The molecule has 0 aromatic heterocycles. The van der Waals surface area contributed by atoms with Crippen molar-refractivity contribution in [3.05, 3.63) is 24.3 Å². The Morgan fingerprint density at radius 1 is 1.18 bits per heavy atom. The number of rotatable bonds is 6. The van der Waals surface area contributed by atoms with Crippen molar-refractivity contribution in [2.45, 2.75) is 6.92 Å². The van der Waals surface area contributed by atoms with E-state index < -0.39 is 0 Å². The van der Waals surface area contributed by atoms with Crippen LogP contribution in [0.2, 0.25) is 0 Å². The van der Waals surface area contributed by atoms with Crippen LogP contribution >= 0.6 is 0 Å². The topological polar surface area (TPSA) is 54.0 Å². The summed E-state index contributed by atoms with van der Waals surface area (Å²) in [6, 6.07) is 7.40. The molecule has 1 aromatic rings. The number of nitrogens with one attached hydrogen (secondary N) is 1. The molecule has 1 aromatic carbocycles. The standard InChI is InChI=1S/C16H25N3O3/c1-3-22-15-6-4-14(5-7-15)17-16(20)19-10-8-18(9-11-19)12-13-21-2/h4-7H,3,8-13H2,1-2H3,(H,17,20). The molecule has 1 heterocycles. The van der Waals surface area contributed by atoms with E-state index in [-0.39, 0.29) is 6.03 Å². The lowest BCUT2D eigenvalue weighted by Crippen LogP contribution is -2.50. The number of nitrogens with zero attached hydrogens (tertiary/aromatic N) is 2. The van der Waals surface area contributed by atoms with Gasteiger partial charge in [-0.05, 0) is 31.2 Å². The quantitative estimate of drug-likeness (QED) is 0.872. The molecule has 1 fully saturated rings. The van der Waals surface area contributed by atoms with Gasteiger partial charge in [0.15, 0.2) is 0 Å². The fraction of sp³-hybridized carbons (Fsp3) is 0.562. The molecular weight excluding hydrogens is 282 g/mol. The fourth-order valence-electron chi connectivity index (χ4n) is 2.40. The number of benzene rings is 1. The zero-order valence-electron chi connectivity index (χ0n) is 13.4. The average molecular weight is 307 g/mol. The lowest BCUT2D eigenvalue weighted by atomic mass is 10.3. The van der Waals surface area contributed by atoms with Gasteiger partial charge < -0.3 is 19.7 Å². The van der Waals surface area contributed by atoms with Gasteiger partial charge in [-0.2, -0.15) is 0 Å².